The zero-order valence-electron chi connectivity index (χ0n) is 18.9. The standard InChI is InChI=1S/C25H40N4O2/c30-23(28-25-13-16-8-17(14-25)10-18(9-16)15-25)26-20-11-21-6-7-22(12-20)29(21)24(31)27-19-4-2-1-3-5-19/h16-22H,1-15H2,(H,27,31)(H2,26,28,30)/t16?,17?,18?,20?,21-,22+,25?. The predicted octanol–water partition coefficient (Wildman–Crippen LogP) is 4.29. The Kier molecular flexibility index (Phi) is 5.10. The van der Waals surface area contributed by atoms with Crippen LogP contribution in [0.15, 0.2) is 0 Å². The van der Waals surface area contributed by atoms with Crippen LogP contribution in [0, 0.1) is 17.8 Å². The number of carbonyl (C=O) groups excluding carboxylic acids is 2. The molecule has 6 bridgehead atoms. The van der Waals surface area contributed by atoms with E-state index in [1.807, 2.05) is 0 Å². The smallest absolute Gasteiger partial charge is 0.318 e. The third-order valence-corrected chi connectivity index (χ3v) is 9.65. The fourth-order valence-electron chi connectivity index (χ4n) is 8.85. The van der Waals surface area contributed by atoms with Crippen molar-refractivity contribution in [2.75, 3.05) is 0 Å². The minimum Gasteiger partial charge on any atom is -0.335 e. The van der Waals surface area contributed by atoms with E-state index in [2.05, 4.69) is 20.9 Å². The maximum atomic E-state index is 13.0. The topological polar surface area (TPSA) is 73.5 Å². The van der Waals surface area contributed by atoms with E-state index in [1.165, 1.54) is 57.8 Å². The number of fused-ring (bicyclic) bond motifs is 2. The van der Waals surface area contributed by atoms with Crippen LogP contribution in [-0.2, 0) is 0 Å². The lowest BCUT2D eigenvalue weighted by molar-refractivity contribution is -0.0138. The van der Waals surface area contributed by atoms with Crippen molar-refractivity contribution < 1.29 is 9.59 Å². The largest absolute Gasteiger partial charge is 0.335 e. The summed E-state index contributed by atoms with van der Waals surface area (Å²) in [5.74, 6) is 2.52. The van der Waals surface area contributed by atoms with Crippen LogP contribution in [0.25, 0.3) is 0 Å². The van der Waals surface area contributed by atoms with Gasteiger partial charge in [-0.3, -0.25) is 0 Å². The first kappa shape index (κ1) is 20.2. The lowest BCUT2D eigenvalue weighted by Gasteiger charge is -2.56. The molecule has 0 spiro atoms. The number of amides is 4. The first-order valence-electron chi connectivity index (χ1n) is 13.2. The quantitative estimate of drug-likeness (QED) is 0.627. The summed E-state index contributed by atoms with van der Waals surface area (Å²) in [6.45, 7) is 0. The fourth-order valence-corrected chi connectivity index (χ4v) is 8.85. The highest BCUT2D eigenvalue weighted by molar-refractivity contribution is 5.77. The SMILES string of the molecule is O=C(NC1C[C@H]2CC[C@@H](C1)N2C(=O)NC1CCCCC1)NC12CC3CC(CC(C3)C1)C2. The number of nitrogens with one attached hydrogen (secondary N) is 3. The Morgan fingerprint density at radius 3 is 1.84 bits per heavy atom. The molecule has 0 radical (unpaired) electrons. The summed E-state index contributed by atoms with van der Waals surface area (Å²) in [7, 11) is 0. The zero-order valence-corrected chi connectivity index (χ0v) is 18.9. The van der Waals surface area contributed by atoms with Gasteiger partial charge in [-0.25, -0.2) is 9.59 Å². The minimum absolute atomic E-state index is 0.0476. The molecule has 0 aromatic heterocycles. The second-order valence-corrected chi connectivity index (χ2v) is 12.0. The molecule has 2 aliphatic heterocycles. The Morgan fingerprint density at radius 1 is 0.677 bits per heavy atom. The van der Waals surface area contributed by atoms with Gasteiger partial charge in [-0.1, -0.05) is 19.3 Å². The average Bonchev–Trinajstić information content (AvgIpc) is 2.98. The molecule has 2 saturated heterocycles. The van der Waals surface area contributed by atoms with Gasteiger partial charge in [-0.05, 0) is 94.8 Å². The van der Waals surface area contributed by atoms with Crippen molar-refractivity contribution in [2.45, 2.75) is 126 Å². The third kappa shape index (κ3) is 3.93. The van der Waals surface area contributed by atoms with Crippen molar-refractivity contribution in [3.05, 3.63) is 0 Å². The Morgan fingerprint density at radius 2 is 1.26 bits per heavy atom. The van der Waals surface area contributed by atoms with Gasteiger partial charge in [-0.2, -0.15) is 0 Å². The van der Waals surface area contributed by atoms with Crippen LogP contribution in [0.4, 0.5) is 9.59 Å². The molecule has 3 N–H and O–H groups in total. The van der Waals surface area contributed by atoms with E-state index in [-0.39, 0.29) is 35.7 Å². The fraction of sp³-hybridized carbons (Fsp3) is 0.920. The maximum absolute atomic E-state index is 13.0. The first-order chi connectivity index (χ1) is 15.1. The lowest BCUT2D eigenvalue weighted by Crippen LogP contribution is -2.63. The minimum atomic E-state index is 0.0476. The molecule has 5 aliphatic carbocycles. The van der Waals surface area contributed by atoms with Gasteiger partial charge in [0.15, 0.2) is 0 Å². The Labute approximate surface area is 186 Å². The molecule has 0 aromatic carbocycles. The molecule has 7 aliphatic rings. The first-order valence-corrected chi connectivity index (χ1v) is 13.2. The van der Waals surface area contributed by atoms with Gasteiger partial charge in [0.2, 0.25) is 0 Å². The Bertz CT molecular complexity index is 669. The number of hydrogen-bond acceptors (Lipinski definition) is 2. The second-order valence-electron chi connectivity index (χ2n) is 12.0. The van der Waals surface area contributed by atoms with Crippen LogP contribution in [0.2, 0.25) is 0 Å². The summed E-state index contributed by atoms with van der Waals surface area (Å²) < 4.78 is 0. The van der Waals surface area contributed by atoms with E-state index >= 15 is 0 Å². The van der Waals surface area contributed by atoms with E-state index in [0.717, 1.165) is 56.3 Å². The summed E-state index contributed by atoms with van der Waals surface area (Å²) >= 11 is 0. The van der Waals surface area contributed by atoms with E-state index in [0.29, 0.717) is 6.04 Å². The van der Waals surface area contributed by atoms with Gasteiger partial charge in [0.1, 0.15) is 0 Å². The van der Waals surface area contributed by atoms with Gasteiger partial charge in [-0.15, -0.1) is 0 Å². The molecule has 6 nitrogen and oxygen atoms in total. The van der Waals surface area contributed by atoms with Crippen molar-refractivity contribution in [1.29, 1.82) is 0 Å². The van der Waals surface area contributed by atoms with Gasteiger partial charge < -0.3 is 20.9 Å². The molecule has 3 atom stereocenters. The maximum Gasteiger partial charge on any atom is 0.318 e. The Balaban J connectivity index is 1.03. The highest BCUT2D eigenvalue weighted by atomic mass is 16.2. The van der Waals surface area contributed by atoms with E-state index in [1.54, 1.807) is 0 Å². The molecular formula is C25H40N4O2. The van der Waals surface area contributed by atoms with Crippen molar-refractivity contribution in [1.82, 2.24) is 20.9 Å². The number of nitrogens with zero attached hydrogens (tertiary/aromatic N) is 1. The average molecular weight is 429 g/mol. The van der Waals surface area contributed by atoms with Crippen molar-refractivity contribution >= 4 is 12.1 Å². The second kappa shape index (κ2) is 7.84. The number of urea groups is 2. The molecule has 31 heavy (non-hydrogen) atoms. The van der Waals surface area contributed by atoms with Crippen molar-refractivity contribution in [2.24, 2.45) is 17.8 Å². The van der Waals surface area contributed by atoms with Gasteiger partial charge in [0, 0.05) is 29.7 Å². The van der Waals surface area contributed by atoms with E-state index in [9.17, 15) is 9.59 Å². The van der Waals surface area contributed by atoms with Gasteiger partial charge in [0.05, 0.1) is 0 Å². The number of carbonyl (C=O) groups is 2. The summed E-state index contributed by atoms with van der Waals surface area (Å²) in [4.78, 5) is 28.1. The summed E-state index contributed by atoms with van der Waals surface area (Å²) in [6, 6.07) is 1.33. The van der Waals surface area contributed by atoms with Crippen LogP contribution in [0.1, 0.15) is 96.3 Å². The van der Waals surface area contributed by atoms with Crippen LogP contribution in [-0.4, -0.2) is 46.7 Å². The van der Waals surface area contributed by atoms with Crippen LogP contribution in [0.3, 0.4) is 0 Å². The summed E-state index contributed by atoms with van der Waals surface area (Å²) in [6.07, 6.45) is 17.8. The van der Waals surface area contributed by atoms with E-state index in [4.69, 9.17) is 0 Å². The monoisotopic (exact) mass is 428 g/mol. The lowest BCUT2D eigenvalue weighted by atomic mass is 9.53. The van der Waals surface area contributed by atoms with Gasteiger partial charge >= 0.3 is 12.1 Å². The van der Waals surface area contributed by atoms with Crippen LogP contribution in [0.5, 0.6) is 0 Å². The van der Waals surface area contributed by atoms with Crippen LogP contribution >= 0.6 is 0 Å². The number of rotatable bonds is 3. The highest BCUT2D eigenvalue weighted by Crippen LogP contribution is 2.55. The molecule has 0 aromatic rings. The molecule has 7 rings (SSSR count). The zero-order chi connectivity index (χ0) is 21.0. The molecular weight excluding hydrogens is 388 g/mol. The van der Waals surface area contributed by atoms with E-state index < -0.39 is 0 Å². The number of hydrogen-bond donors (Lipinski definition) is 3. The number of piperidine rings is 1. The normalized spacial score (nSPS) is 43.7. The highest BCUT2D eigenvalue weighted by Gasteiger charge is 2.52. The molecule has 2 heterocycles. The van der Waals surface area contributed by atoms with Crippen molar-refractivity contribution in [3.8, 4) is 0 Å². The molecule has 172 valence electrons. The molecule has 6 heteroatoms. The Hall–Kier alpha value is -1.46. The summed E-state index contributed by atoms with van der Waals surface area (Å²) in [5.41, 5.74) is 0.0679. The molecule has 7 fully saturated rings. The molecule has 4 amide bonds. The van der Waals surface area contributed by atoms with Gasteiger partial charge in [0.25, 0.3) is 0 Å². The van der Waals surface area contributed by atoms with Crippen LogP contribution < -0.4 is 16.0 Å². The third-order valence-electron chi connectivity index (χ3n) is 9.65. The van der Waals surface area contributed by atoms with Crippen molar-refractivity contribution in [3.63, 3.8) is 0 Å². The molecule has 5 saturated carbocycles. The molecule has 1 unspecified atom stereocenters. The summed E-state index contributed by atoms with van der Waals surface area (Å²) in [5, 5.41) is 10.1. The predicted molar refractivity (Wildman–Crippen MR) is 120 cm³/mol.